The molecular formula is C17H27NO4. The molecule has 0 radical (unpaired) electrons. The molecule has 0 aliphatic heterocycles. The van der Waals surface area contributed by atoms with Crippen molar-refractivity contribution in [2.45, 2.75) is 31.3 Å². The van der Waals surface area contributed by atoms with E-state index in [9.17, 15) is 5.11 Å². The van der Waals surface area contributed by atoms with Crippen molar-refractivity contribution in [3.05, 3.63) is 29.8 Å². The van der Waals surface area contributed by atoms with Crippen LogP contribution < -0.4 is 4.74 Å². The molecule has 1 aliphatic carbocycles. The second kappa shape index (κ2) is 8.76. The summed E-state index contributed by atoms with van der Waals surface area (Å²) >= 11 is 0. The van der Waals surface area contributed by atoms with Crippen molar-refractivity contribution in [1.29, 1.82) is 0 Å². The fourth-order valence-electron chi connectivity index (χ4n) is 3.18. The van der Waals surface area contributed by atoms with Crippen LogP contribution in [0, 0.1) is 5.92 Å². The van der Waals surface area contributed by atoms with Gasteiger partial charge < -0.3 is 19.8 Å². The highest BCUT2D eigenvalue weighted by molar-refractivity contribution is 5.33. The summed E-state index contributed by atoms with van der Waals surface area (Å²) in [6, 6.07) is 7.90. The zero-order valence-electron chi connectivity index (χ0n) is 13.7. The average Bonchev–Trinajstić information content (AvgIpc) is 2.50. The molecule has 0 heterocycles. The van der Waals surface area contributed by atoms with Crippen molar-refractivity contribution >= 4 is 6.47 Å². The summed E-state index contributed by atoms with van der Waals surface area (Å²) in [4.78, 5) is 10.5. The van der Waals surface area contributed by atoms with E-state index in [0.717, 1.165) is 37.1 Å². The maximum atomic E-state index is 11.2. The fourth-order valence-corrected chi connectivity index (χ4v) is 3.18. The quantitative estimate of drug-likeness (QED) is 0.835. The molecule has 1 aromatic rings. The van der Waals surface area contributed by atoms with E-state index in [1.165, 1.54) is 6.42 Å². The largest absolute Gasteiger partial charge is 0.497 e. The van der Waals surface area contributed by atoms with E-state index >= 15 is 0 Å². The Bertz CT molecular complexity index is 464. The summed E-state index contributed by atoms with van der Waals surface area (Å²) in [7, 11) is 5.81. The van der Waals surface area contributed by atoms with Gasteiger partial charge in [0.2, 0.25) is 0 Å². The van der Waals surface area contributed by atoms with Crippen LogP contribution in [0.2, 0.25) is 0 Å². The maximum absolute atomic E-state index is 11.2. The van der Waals surface area contributed by atoms with E-state index in [1.807, 2.05) is 24.3 Å². The number of ether oxygens (including phenoxy) is 1. The molecule has 0 amide bonds. The van der Waals surface area contributed by atoms with Crippen LogP contribution in [0.15, 0.2) is 24.3 Å². The van der Waals surface area contributed by atoms with Gasteiger partial charge in [-0.2, -0.15) is 0 Å². The van der Waals surface area contributed by atoms with Gasteiger partial charge in [0, 0.05) is 12.5 Å². The number of aliphatic hydroxyl groups is 1. The number of carbonyl (C=O) groups is 1. The Morgan fingerprint density at radius 3 is 2.68 bits per heavy atom. The van der Waals surface area contributed by atoms with Crippen LogP contribution in [0.5, 0.6) is 5.75 Å². The van der Waals surface area contributed by atoms with Gasteiger partial charge >= 0.3 is 0 Å². The van der Waals surface area contributed by atoms with Crippen LogP contribution in [-0.2, 0) is 10.4 Å². The van der Waals surface area contributed by atoms with E-state index in [0.29, 0.717) is 5.92 Å². The van der Waals surface area contributed by atoms with Crippen molar-refractivity contribution in [2.24, 2.45) is 5.92 Å². The first-order chi connectivity index (χ1) is 10.5. The fraction of sp³-hybridized carbons (Fsp3) is 0.588. The van der Waals surface area contributed by atoms with Crippen LogP contribution in [0.4, 0.5) is 0 Å². The number of carboxylic acid groups (broad SMARTS) is 1. The Morgan fingerprint density at radius 2 is 2.09 bits per heavy atom. The van der Waals surface area contributed by atoms with Crippen LogP contribution in [0.25, 0.3) is 0 Å². The van der Waals surface area contributed by atoms with Crippen LogP contribution in [0.3, 0.4) is 0 Å². The maximum Gasteiger partial charge on any atom is 0.290 e. The summed E-state index contributed by atoms with van der Waals surface area (Å²) in [5.74, 6) is 1.11. The molecule has 1 aliphatic rings. The number of nitrogens with zero attached hydrogens (tertiary/aromatic N) is 1. The van der Waals surface area contributed by atoms with Crippen molar-refractivity contribution < 1.29 is 19.7 Å². The van der Waals surface area contributed by atoms with Crippen LogP contribution >= 0.6 is 0 Å². The normalized spacial score (nSPS) is 24.3. The Labute approximate surface area is 132 Å². The lowest BCUT2D eigenvalue weighted by Gasteiger charge is -2.41. The van der Waals surface area contributed by atoms with Crippen molar-refractivity contribution in [3.63, 3.8) is 0 Å². The molecule has 22 heavy (non-hydrogen) atoms. The summed E-state index contributed by atoms with van der Waals surface area (Å²) in [5.41, 5.74) is 0.287. The van der Waals surface area contributed by atoms with Gasteiger partial charge in [0.1, 0.15) is 5.75 Å². The standard InChI is InChI=1S/C16H25NO2.CH2O2/c1-17(2)12-14-7-4-5-10-16(14,18)13-8-6-9-15(11-13)19-3;2-1-3/h6,8-9,11,14,18H,4-5,7,10,12H2,1-3H3;1H,(H,2,3). The predicted octanol–water partition coefficient (Wildman–Crippen LogP) is 2.34. The van der Waals surface area contributed by atoms with E-state index in [-0.39, 0.29) is 6.47 Å². The van der Waals surface area contributed by atoms with Gasteiger partial charge in [0.25, 0.3) is 6.47 Å². The van der Waals surface area contributed by atoms with Crippen LogP contribution in [0.1, 0.15) is 31.2 Å². The molecule has 0 saturated heterocycles. The minimum atomic E-state index is -0.711. The molecule has 0 bridgehead atoms. The lowest BCUT2D eigenvalue weighted by molar-refractivity contribution is -0.122. The Kier molecular flexibility index (Phi) is 7.35. The summed E-state index contributed by atoms with van der Waals surface area (Å²) < 4.78 is 5.29. The second-order valence-corrected chi connectivity index (χ2v) is 5.97. The second-order valence-electron chi connectivity index (χ2n) is 5.97. The monoisotopic (exact) mass is 309 g/mol. The minimum Gasteiger partial charge on any atom is -0.497 e. The highest BCUT2D eigenvalue weighted by Crippen LogP contribution is 2.42. The topological polar surface area (TPSA) is 70.0 Å². The smallest absolute Gasteiger partial charge is 0.290 e. The van der Waals surface area contributed by atoms with Gasteiger partial charge in [-0.1, -0.05) is 25.0 Å². The van der Waals surface area contributed by atoms with Gasteiger partial charge in [-0.05, 0) is 44.6 Å². The summed E-state index contributed by atoms with van der Waals surface area (Å²) in [6.07, 6.45) is 4.24. The van der Waals surface area contributed by atoms with E-state index in [1.54, 1.807) is 7.11 Å². The lowest BCUT2D eigenvalue weighted by atomic mass is 9.71. The molecule has 0 aromatic heterocycles. The number of benzene rings is 1. The van der Waals surface area contributed by atoms with Gasteiger partial charge in [-0.25, -0.2) is 0 Å². The molecule has 2 N–H and O–H groups in total. The molecular weight excluding hydrogens is 282 g/mol. The molecule has 2 rings (SSSR count). The lowest BCUT2D eigenvalue weighted by Crippen LogP contribution is -2.43. The van der Waals surface area contributed by atoms with Gasteiger partial charge in [0.15, 0.2) is 0 Å². The first kappa shape index (κ1) is 18.5. The third-order valence-corrected chi connectivity index (χ3v) is 4.19. The molecule has 1 aromatic carbocycles. The first-order valence-electron chi connectivity index (χ1n) is 7.57. The third kappa shape index (κ3) is 4.71. The van der Waals surface area contributed by atoms with Gasteiger partial charge in [0.05, 0.1) is 12.7 Å². The predicted molar refractivity (Wildman–Crippen MR) is 86.1 cm³/mol. The molecule has 2 unspecified atom stereocenters. The number of hydrogen-bond acceptors (Lipinski definition) is 4. The molecule has 1 fully saturated rings. The molecule has 5 nitrogen and oxygen atoms in total. The van der Waals surface area contributed by atoms with E-state index < -0.39 is 5.60 Å². The summed E-state index contributed by atoms with van der Waals surface area (Å²) in [5, 5.41) is 18.1. The molecule has 124 valence electrons. The molecule has 2 atom stereocenters. The SMILES string of the molecule is COc1cccc(C2(O)CCCCC2CN(C)C)c1.O=CO. The van der Waals surface area contributed by atoms with E-state index in [2.05, 4.69) is 19.0 Å². The van der Waals surface area contributed by atoms with Crippen LogP contribution in [-0.4, -0.2) is 49.3 Å². The number of methoxy groups -OCH3 is 1. The summed E-state index contributed by atoms with van der Waals surface area (Å²) in [6.45, 7) is 0.674. The van der Waals surface area contributed by atoms with Crippen molar-refractivity contribution in [1.82, 2.24) is 4.90 Å². The van der Waals surface area contributed by atoms with Gasteiger partial charge in [-0.15, -0.1) is 0 Å². The number of hydrogen-bond donors (Lipinski definition) is 2. The Morgan fingerprint density at radius 1 is 1.41 bits per heavy atom. The highest BCUT2D eigenvalue weighted by Gasteiger charge is 2.40. The zero-order valence-corrected chi connectivity index (χ0v) is 13.7. The zero-order chi connectivity index (χ0) is 16.6. The van der Waals surface area contributed by atoms with Crippen molar-refractivity contribution in [2.75, 3.05) is 27.7 Å². The highest BCUT2D eigenvalue weighted by atomic mass is 16.5. The number of rotatable bonds is 4. The van der Waals surface area contributed by atoms with Gasteiger partial charge in [-0.3, -0.25) is 4.79 Å². The average molecular weight is 309 g/mol. The molecule has 5 heteroatoms. The molecule has 1 saturated carbocycles. The third-order valence-electron chi connectivity index (χ3n) is 4.19. The van der Waals surface area contributed by atoms with E-state index in [4.69, 9.17) is 14.6 Å². The van der Waals surface area contributed by atoms with Crippen molar-refractivity contribution in [3.8, 4) is 5.75 Å². The Hall–Kier alpha value is -1.59. The minimum absolute atomic E-state index is 0.250. The molecule has 0 spiro atoms. The Balaban J connectivity index is 0.000000745. The first-order valence-corrected chi connectivity index (χ1v) is 7.57.